The normalized spacial score (nSPS) is 11.2. The summed E-state index contributed by atoms with van der Waals surface area (Å²) in [5, 5.41) is 7.21. The number of pyridine rings is 1. The first-order valence-corrected chi connectivity index (χ1v) is 10.8. The maximum absolute atomic E-state index is 12.4. The van der Waals surface area contributed by atoms with Crippen molar-refractivity contribution in [2.45, 2.75) is 4.90 Å². The molecule has 0 aliphatic rings. The highest BCUT2D eigenvalue weighted by atomic mass is 32.2. The van der Waals surface area contributed by atoms with Gasteiger partial charge in [0.05, 0.1) is 11.4 Å². The molecule has 0 bridgehead atoms. The molecule has 2 amide bonds. The predicted molar refractivity (Wildman–Crippen MR) is 111 cm³/mol. The van der Waals surface area contributed by atoms with Crippen LogP contribution in [0.1, 0.15) is 9.67 Å². The highest BCUT2D eigenvalue weighted by molar-refractivity contribution is 7.89. The standard InChI is InChI=1S/C19H18N4O4S2/c1-23(29(26,27)16-4-2-10-20-12-16)13-18(24)21-14-6-8-15(9-7-14)22-19(25)17-5-3-11-28-17/h2-12H,13H2,1H3,(H,21,24)(H,22,25). The number of carbonyl (C=O) groups is 2. The Morgan fingerprint density at radius 1 is 1.03 bits per heavy atom. The molecule has 10 heteroatoms. The molecule has 0 unspecified atom stereocenters. The Bertz CT molecular complexity index is 1080. The molecular formula is C19H18N4O4S2. The number of hydrogen-bond donors (Lipinski definition) is 2. The van der Waals surface area contributed by atoms with Crippen LogP contribution in [0.25, 0.3) is 0 Å². The Morgan fingerprint density at radius 2 is 1.72 bits per heavy atom. The molecule has 3 rings (SSSR count). The number of likely N-dealkylation sites (N-methyl/N-ethyl adjacent to an activating group) is 1. The van der Waals surface area contributed by atoms with E-state index in [0.717, 1.165) is 4.31 Å². The van der Waals surface area contributed by atoms with Crippen molar-refractivity contribution in [3.05, 3.63) is 71.2 Å². The van der Waals surface area contributed by atoms with Gasteiger partial charge in [-0.1, -0.05) is 6.07 Å². The minimum Gasteiger partial charge on any atom is -0.325 e. The summed E-state index contributed by atoms with van der Waals surface area (Å²) in [4.78, 5) is 28.7. The molecule has 2 heterocycles. The molecule has 29 heavy (non-hydrogen) atoms. The van der Waals surface area contributed by atoms with Crippen molar-refractivity contribution in [1.29, 1.82) is 0 Å². The largest absolute Gasteiger partial charge is 0.325 e. The number of rotatable bonds is 7. The number of carbonyl (C=O) groups excluding carboxylic acids is 2. The molecule has 8 nitrogen and oxygen atoms in total. The van der Waals surface area contributed by atoms with Gasteiger partial charge in [0.1, 0.15) is 4.90 Å². The highest BCUT2D eigenvalue weighted by Crippen LogP contribution is 2.17. The molecule has 150 valence electrons. The van der Waals surface area contributed by atoms with Gasteiger partial charge in [-0.05, 0) is 47.8 Å². The summed E-state index contributed by atoms with van der Waals surface area (Å²) in [5.74, 6) is -0.700. The van der Waals surface area contributed by atoms with Gasteiger partial charge < -0.3 is 10.6 Å². The van der Waals surface area contributed by atoms with Crippen molar-refractivity contribution < 1.29 is 18.0 Å². The van der Waals surface area contributed by atoms with Gasteiger partial charge in [-0.15, -0.1) is 11.3 Å². The third-order valence-corrected chi connectivity index (χ3v) is 6.54. The molecular weight excluding hydrogens is 412 g/mol. The van der Waals surface area contributed by atoms with Crippen molar-refractivity contribution in [2.75, 3.05) is 24.2 Å². The van der Waals surface area contributed by atoms with Crippen LogP contribution in [0.15, 0.2) is 71.2 Å². The first-order chi connectivity index (χ1) is 13.9. The van der Waals surface area contributed by atoms with E-state index in [1.807, 2.05) is 5.38 Å². The number of amides is 2. The average molecular weight is 431 g/mol. The molecule has 0 atom stereocenters. The second-order valence-electron chi connectivity index (χ2n) is 6.01. The molecule has 2 N–H and O–H groups in total. The van der Waals surface area contributed by atoms with E-state index in [-0.39, 0.29) is 17.3 Å². The van der Waals surface area contributed by atoms with Crippen LogP contribution in [0.2, 0.25) is 0 Å². The topological polar surface area (TPSA) is 108 Å². The summed E-state index contributed by atoms with van der Waals surface area (Å²) >= 11 is 1.34. The summed E-state index contributed by atoms with van der Waals surface area (Å²) in [6, 6.07) is 13.0. The Morgan fingerprint density at radius 3 is 2.31 bits per heavy atom. The summed E-state index contributed by atoms with van der Waals surface area (Å²) in [5.41, 5.74) is 1.06. The van der Waals surface area contributed by atoms with Crippen LogP contribution >= 0.6 is 11.3 Å². The summed E-state index contributed by atoms with van der Waals surface area (Å²) < 4.78 is 25.8. The molecule has 0 aliphatic heterocycles. The smallest absolute Gasteiger partial charge is 0.265 e. The quantitative estimate of drug-likeness (QED) is 0.599. The Kier molecular flexibility index (Phi) is 6.37. The predicted octanol–water partition coefficient (Wildman–Crippen LogP) is 2.65. The van der Waals surface area contributed by atoms with Gasteiger partial charge in [-0.3, -0.25) is 14.6 Å². The van der Waals surface area contributed by atoms with Crippen LogP contribution in [0.3, 0.4) is 0 Å². The van der Waals surface area contributed by atoms with E-state index in [0.29, 0.717) is 16.3 Å². The monoisotopic (exact) mass is 430 g/mol. The van der Waals surface area contributed by atoms with Crippen molar-refractivity contribution >= 4 is 44.5 Å². The molecule has 3 aromatic rings. The molecule has 0 saturated heterocycles. The van der Waals surface area contributed by atoms with E-state index in [1.54, 1.807) is 36.4 Å². The van der Waals surface area contributed by atoms with Gasteiger partial charge in [-0.25, -0.2) is 8.42 Å². The molecule has 2 aromatic heterocycles. The second-order valence-corrected chi connectivity index (χ2v) is 9.00. The van der Waals surface area contributed by atoms with Gasteiger partial charge in [0.25, 0.3) is 5.91 Å². The SMILES string of the molecule is CN(CC(=O)Nc1ccc(NC(=O)c2cccs2)cc1)S(=O)(=O)c1cccnc1. The molecule has 0 fully saturated rings. The number of anilines is 2. The maximum Gasteiger partial charge on any atom is 0.265 e. The number of nitrogens with one attached hydrogen (secondary N) is 2. The number of benzene rings is 1. The number of nitrogens with zero attached hydrogens (tertiary/aromatic N) is 2. The van der Waals surface area contributed by atoms with Crippen LogP contribution in [0, 0.1) is 0 Å². The van der Waals surface area contributed by atoms with Gasteiger partial charge in [-0.2, -0.15) is 4.31 Å². The molecule has 1 aromatic carbocycles. The van der Waals surface area contributed by atoms with Crippen LogP contribution < -0.4 is 10.6 Å². The fourth-order valence-electron chi connectivity index (χ4n) is 2.40. The molecule has 0 radical (unpaired) electrons. The van der Waals surface area contributed by atoms with Crippen molar-refractivity contribution in [2.24, 2.45) is 0 Å². The third kappa shape index (κ3) is 5.25. The number of hydrogen-bond acceptors (Lipinski definition) is 6. The number of sulfonamides is 1. The second kappa shape index (κ2) is 8.95. The molecule has 0 aliphatic carbocycles. The average Bonchev–Trinajstić information content (AvgIpc) is 3.25. The summed E-state index contributed by atoms with van der Waals surface area (Å²) in [6.45, 7) is -0.353. The van der Waals surface area contributed by atoms with E-state index in [4.69, 9.17) is 0 Å². The van der Waals surface area contributed by atoms with E-state index < -0.39 is 15.9 Å². The van der Waals surface area contributed by atoms with Crippen LogP contribution in [0.5, 0.6) is 0 Å². The van der Waals surface area contributed by atoms with E-state index in [1.165, 1.54) is 42.9 Å². The maximum atomic E-state index is 12.4. The fraction of sp³-hybridized carbons (Fsp3) is 0.105. The number of aromatic nitrogens is 1. The zero-order valence-corrected chi connectivity index (χ0v) is 17.0. The Balaban J connectivity index is 1.57. The summed E-state index contributed by atoms with van der Waals surface area (Å²) in [7, 11) is -2.48. The van der Waals surface area contributed by atoms with Gasteiger partial charge in [0.2, 0.25) is 15.9 Å². The zero-order valence-electron chi connectivity index (χ0n) is 15.4. The first kappa shape index (κ1) is 20.6. The Labute approximate surface area is 172 Å². The van der Waals surface area contributed by atoms with Crippen LogP contribution in [-0.4, -0.2) is 43.1 Å². The lowest BCUT2D eigenvalue weighted by Crippen LogP contribution is -2.35. The van der Waals surface area contributed by atoms with Crippen molar-refractivity contribution in [3.63, 3.8) is 0 Å². The molecule has 0 saturated carbocycles. The van der Waals surface area contributed by atoms with Gasteiger partial charge in [0, 0.05) is 30.8 Å². The zero-order chi connectivity index (χ0) is 20.9. The van der Waals surface area contributed by atoms with Crippen molar-refractivity contribution in [1.82, 2.24) is 9.29 Å². The highest BCUT2D eigenvalue weighted by Gasteiger charge is 2.23. The minimum atomic E-state index is -3.80. The fourth-order valence-corrected chi connectivity index (χ4v) is 4.12. The lowest BCUT2D eigenvalue weighted by atomic mass is 10.2. The van der Waals surface area contributed by atoms with Gasteiger partial charge >= 0.3 is 0 Å². The lowest BCUT2D eigenvalue weighted by molar-refractivity contribution is -0.116. The third-order valence-electron chi connectivity index (χ3n) is 3.88. The molecule has 0 spiro atoms. The van der Waals surface area contributed by atoms with Gasteiger partial charge in [0.15, 0.2) is 0 Å². The van der Waals surface area contributed by atoms with E-state index in [9.17, 15) is 18.0 Å². The van der Waals surface area contributed by atoms with E-state index >= 15 is 0 Å². The van der Waals surface area contributed by atoms with Crippen LogP contribution in [-0.2, 0) is 14.8 Å². The van der Waals surface area contributed by atoms with Crippen LogP contribution in [0.4, 0.5) is 11.4 Å². The Hall–Kier alpha value is -3.08. The van der Waals surface area contributed by atoms with Crippen molar-refractivity contribution in [3.8, 4) is 0 Å². The minimum absolute atomic E-state index is 0.0149. The van der Waals surface area contributed by atoms with E-state index in [2.05, 4.69) is 15.6 Å². The number of thiophene rings is 1. The first-order valence-electron chi connectivity index (χ1n) is 8.47. The lowest BCUT2D eigenvalue weighted by Gasteiger charge is -2.16. The summed E-state index contributed by atoms with van der Waals surface area (Å²) in [6.07, 6.45) is 2.70.